The van der Waals surface area contributed by atoms with Gasteiger partial charge in [-0.3, -0.25) is 10.1 Å². The molecule has 0 saturated carbocycles. The zero-order valence-corrected chi connectivity index (χ0v) is 21.0. The number of ether oxygens (including phenoxy) is 4. The molecular formula is C25H33FN2O7. The van der Waals surface area contributed by atoms with E-state index in [4.69, 9.17) is 18.9 Å². The van der Waals surface area contributed by atoms with Crippen LogP contribution in [0.4, 0.5) is 14.9 Å². The van der Waals surface area contributed by atoms with Gasteiger partial charge < -0.3 is 24.3 Å². The highest BCUT2D eigenvalue weighted by molar-refractivity contribution is 5.67. The van der Waals surface area contributed by atoms with Crippen molar-refractivity contribution in [1.29, 1.82) is 0 Å². The summed E-state index contributed by atoms with van der Waals surface area (Å²) in [7, 11) is 1.43. The normalized spacial score (nSPS) is 12.1. The van der Waals surface area contributed by atoms with E-state index in [9.17, 15) is 19.3 Å². The second kappa shape index (κ2) is 12.3. The van der Waals surface area contributed by atoms with Crippen LogP contribution in [0.25, 0.3) is 0 Å². The SMILES string of the molecule is COc1cc(C(C)OCc2cccc(C)c2[19F])c([N+](=O)[O-])cc1OCCCNC(=O)OC(C)(C)C. The summed E-state index contributed by atoms with van der Waals surface area (Å²) >= 11 is 0. The van der Waals surface area contributed by atoms with E-state index >= 15 is 0 Å². The van der Waals surface area contributed by atoms with Crippen LogP contribution in [0.1, 0.15) is 56.9 Å². The molecule has 2 rings (SSSR count). The molecule has 2 aromatic rings. The van der Waals surface area contributed by atoms with E-state index in [1.807, 2.05) is 0 Å². The fourth-order valence-corrected chi connectivity index (χ4v) is 3.20. The molecule has 0 saturated heterocycles. The number of alkyl carbamates (subject to hydrolysis) is 1. The van der Waals surface area contributed by atoms with Crippen molar-refractivity contribution >= 4 is 11.8 Å². The van der Waals surface area contributed by atoms with Gasteiger partial charge in [-0.1, -0.05) is 18.2 Å². The first-order valence-electron chi connectivity index (χ1n) is 11.2. The van der Waals surface area contributed by atoms with E-state index in [-0.39, 0.29) is 36.0 Å². The number of nitrogens with zero attached hydrogens (tertiary/aromatic N) is 1. The maximum atomic E-state index is 14.3. The number of nitro groups is 1. The van der Waals surface area contributed by atoms with Gasteiger partial charge in [0.1, 0.15) is 11.4 Å². The van der Waals surface area contributed by atoms with E-state index in [0.717, 1.165) is 0 Å². The predicted octanol–water partition coefficient (Wildman–Crippen LogP) is 5.62. The monoisotopic (exact) mass is 492 g/mol. The minimum absolute atomic E-state index is 0.0446. The van der Waals surface area contributed by atoms with E-state index in [1.54, 1.807) is 52.8 Å². The van der Waals surface area contributed by atoms with Crippen LogP contribution in [-0.4, -0.2) is 36.9 Å². The first kappa shape index (κ1) is 27.8. The number of methoxy groups -OCH3 is 1. The lowest BCUT2D eigenvalue weighted by atomic mass is 10.1. The van der Waals surface area contributed by atoms with Gasteiger partial charge in [0, 0.05) is 12.1 Å². The maximum absolute atomic E-state index is 14.3. The molecule has 0 heterocycles. The number of amides is 1. The molecule has 0 aliphatic carbocycles. The number of hydrogen-bond acceptors (Lipinski definition) is 7. The van der Waals surface area contributed by atoms with Crippen molar-refractivity contribution < 1.29 is 33.1 Å². The molecule has 0 aliphatic heterocycles. The highest BCUT2D eigenvalue weighted by atomic mass is 19.1. The molecule has 1 amide bonds. The summed E-state index contributed by atoms with van der Waals surface area (Å²) in [5.74, 6) is 0.122. The third-order valence-electron chi connectivity index (χ3n) is 4.96. The Balaban J connectivity index is 2.05. The molecule has 10 heteroatoms. The number of halogens is 1. The number of benzene rings is 2. The van der Waals surface area contributed by atoms with E-state index in [1.165, 1.54) is 19.2 Å². The van der Waals surface area contributed by atoms with Crippen molar-refractivity contribution in [3.05, 3.63) is 63.0 Å². The van der Waals surface area contributed by atoms with Crippen LogP contribution in [0, 0.1) is 22.9 Å². The second-order valence-electron chi connectivity index (χ2n) is 8.95. The van der Waals surface area contributed by atoms with Crippen LogP contribution >= 0.6 is 0 Å². The quantitative estimate of drug-likeness (QED) is 0.246. The number of carbonyl (C=O) groups excluding carboxylic acids is 1. The average Bonchev–Trinajstić information content (AvgIpc) is 2.77. The lowest BCUT2D eigenvalue weighted by Crippen LogP contribution is -2.33. The van der Waals surface area contributed by atoms with Crippen molar-refractivity contribution in [1.82, 2.24) is 5.32 Å². The first-order valence-corrected chi connectivity index (χ1v) is 11.2. The van der Waals surface area contributed by atoms with Crippen LogP contribution < -0.4 is 14.8 Å². The summed E-state index contributed by atoms with van der Waals surface area (Å²) in [5.41, 5.74) is 0.341. The Morgan fingerprint density at radius 3 is 2.57 bits per heavy atom. The summed E-state index contributed by atoms with van der Waals surface area (Å²) in [5, 5.41) is 14.4. The highest BCUT2D eigenvalue weighted by Gasteiger charge is 2.25. The zero-order chi connectivity index (χ0) is 26.2. The minimum atomic E-state index is -0.712. The molecule has 0 fully saturated rings. The smallest absolute Gasteiger partial charge is 0.407 e. The Morgan fingerprint density at radius 1 is 1.23 bits per heavy atom. The third kappa shape index (κ3) is 8.40. The summed E-state index contributed by atoms with van der Waals surface area (Å²) in [6.45, 7) is 9.06. The second-order valence-corrected chi connectivity index (χ2v) is 8.95. The largest absolute Gasteiger partial charge is 0.493 e. The van der Waals surface area contributed by atoms with Gasteiger partial charge in [0.15, 0.2) is 11.5 Å². The number of aryl methyl sites for hydroxylation is 1. The fraction of sp³-hybridized carbons (Fsp3) is 0.480. The van der Waals surface area contributed by atoms with E-state index in [0.29, 0.717) is 29.8 Å². The minimum Gasteiger partial charge on any atom is -0.493 e. The molecule has 0 radical (unpaired) electrons. The number of carbonyl (C=O) groups is 1. The molecule has 2 aromatic carbocycles. The molecular weight excluding hydrogens is 459 g/mol. The molecule has 9 nitrogen and oxygen atoms in total. The number of hydrogen-bond donors (Lipinski definition) is 1. The van der Waals surface area contributed by atoms with Crippen molar-refractivity contribution in [2.75, 3.05) is 20.3 Å². The lowest BCUT2D eigenvalue weighted by molar-refractivity contribution is -0.386. The summed E-state index contributed by atoms with van der Waals surface area (Å²) in [6.07, 6.45) is -0.801. The Hall–Kier alpha value is -3.40. The Bertz CT molecular complexity index is 1040. The molecule has 0 aromatic heterocycles. The topological polar surface area (TPSA) is 109 Å². The summed E-state index contributed by atoms with van der Waals surface area (Å²) in [4.78, 5) is 22.9. The average molecular weight is 493 g/mol. The van der Waals surface area contributed by atoms with Gasteiger partial charge in [0.25, 0.3) is 5.69 Å². The Morgan fingerprint density at radius 2 is 1.94 bits per heavy atom. The van der Waals surface area contributed by atoms with Gasteiger partial charge >= 0.3 is 6.09 Å². The van der Waals surface area contributed by atoms with Crippen LogP contribution in [0.5, 0.6) is 11.5 Å². The Labute approximate surface area is 204 Å². The highest BCUT2D eigenvalue weighted by Crippen LogP contribution is 2.38. The summed E-state index contributed by atoms with van der Waals surface area (Å²) in [6, 6.07) is 7.76. The van der Waals surface area contributed by atoms with Crippen LogP contribution in [-0.2, 0) is 16.1 Å². The van der Waals surface area contributed by atoms with E-state index in [2.05, 4.69) is 5.32 Å². The summed E-state index contributed by atoms with van der Waals surface area (Å²) < 4.78 is 36.2. The van der Waals surface area contributed by atoms with Gasteiger partial charge in [-0.25, -0.2) is 9.18 Å². The van der Waals surface area contributed by atoms with Crippen LogP contribution in [0.2, 0.25) is 0 Å². The predicted molar refractivity (Wildman–Crippen MR) is 128 cm³/mol. The van der Waals surface area contributed by atoms with Crippen molar-refractivity contribution in [3.8, 4) is 11.5 Å². The van der Waals surface area contributed by atoms with E-state index < -0.39 is 22.7 Å². The molecule has 1 unspecified atom stereocenters. The molecule has 192 valence electrons. The molecule has 0 bridgehead atoms. The molecule has 0 spiro atoms. The number of rotatable bonds is 11. The molecule has 0 aliphatic rings. The van der Waals surface area contributed by atoms with Crippen LogP contribution in [0.15, 0.2) is 30.3 Å². The number of nitrogens with one attached hydrogen (secondary N) is 1. The number of nitro benzene ring substituents is 1. The zero-order valence-electron chi connectivity index (χ0n) is 21.0. The van der Waals surface area contributed by atoms with Gasteiger partial charge in [-0.15, -0.1) is 0 Å². The fourth-order valence-electron chi connectivity index (χ4n) is 3.20. The molecule has 35 heavy (non-hydrogen) atoms. The first-order chi connectivity index (χ1) is 16.4. The standard InChI is InChI=1S/C25H33FN2O7/c1-16-9-7-10-18(23(16)26)15-34-17(2)19-13-21(32-6)22(14-20(19)28(30)31)33-12-8-11-27-24(29)35-25(3,4)5/h7,9-10,13-14,17H,8,11-12,15H2,1-6H3,(H,27,29)/i26+0. The van der Waals surface area contributed by atoms with Crippen molar-refractivity contribution in [2.24, 2.45) is 0 Å². The van der Waals surface area contributed by atoms with Crippen molar-refractivity contribution in [3.63, 3.8) is 0 Å². The molecule has 1 N–H and O–H groups in total. The van der Waals surface area contributed by atoms with Gasteiger partial charge in [0.05, 0.1) is 43.0 Å². The Kier molecular flexibility index (Phi) is 9.82. The van der Waals surface area contributed by atoms with Gasteiger partial charge in [-0.2, -0.15) is 0 Å². The van der Waals surface area contributed by atoms with Crippen molar-refractivity contribution in [2.45, 2.75) is 59.4 Å². The maximum Gasteiger partial charge on any atom is 0.407 e. The van der Waals surface area contributed by atoms with Gasteiger partial charge in [0.2, 0.25) is 0 Å². The third-order valence-corrected chi connectivity index (χ3v) is 4.96. The van der Waals surface area contributed by atoms with Gasteiger partial charge in [-0.05, 0) is 52.7 Å². The van der Waals surface area contributed by atoms with Crippen LogP contribution in [0.3, 0.4) is 0 Å². The lowest BCUT2D eigenvalue weighted by Gasteiger charge is -2.19. The molecule has 1 atom stereocenters.